The van der Waals surface area contributed by atoms with Crippen LogP contribution < -0.4 is 5.32 Å². The van der Waals surface area contributed by atoms with Gasteiger partial charge >= 0.3 is 6.03 Å². The van der Waals surface area contributed by atoms with Gasteiger partial charge in [0.25, 0.3) is 0 Å². The number of rotatable bonds is 1. The monoisotopic (exact) mass is 280 g/mol. The summed E-state index contributed by atoms with van der Waals surface area (Å²) in [6.45, 7) is 0.499. The molecule has 1 heterocycles. The molecule has 5 rings (SSSR count). The van der Waals surface area contributed by atoms with E-state index in [1.54, 1.807) is 4.90 Å². The van der Waals surface area contributed by atoms with Crippen molar-refractivity contribution < 1.29 is 15.0 Å². The van der Waals surface area contributed by atoms with Gasteiger partial charge in [-0.05, 0) is 56.3 Å². The van der Waals surface area contributed by atoms with Crippen LogP contribution in [0.2, 0.25) is 0 Å². The summed E-state index contributed by atoms with van der Waals surface area (Å²) in [6, 6.07) is -0.0949. The average Bonchev–Trinajstić information content (AvgIpc) is 2.67. The van der Waals surface area contributed by atoms with Crippen LogP contribution in [0.4, 0.5) is 4.79 Å². The smallest absolute Gasteiger partial charge is 0.318 e. The second kappa shape index (κ2) is 4.34. The third kappa shape index (κ3) is 2.02. The summed E-state index contributed by atoms with van der Waals surface area (Å²) < 4.78 is 0. The summed E-state index contributed by atoms with van der Waals surface area (Å²) in [5.41, 5.74) is 0.00429. The Balaban J connectivity index is 1.45. The average molecular weight is 280 g/mol. The SMILES string of the molecule is O=C(NC12CC3CC(CC(C3)C1)C2)N1CC(O)C(O)C1. The van der Waals surface area contributed by atoms with Gasteiger partial charge in [0.15, 0.2) is 0 Å². The van der Waals surface area contributed by atoms with Crippen LogP contribution in [-0.4, -0.2) is 52.0 Å². The fourth-order valence-corrected chi connectivity index (χ4v) is 5.50. The normalized spacial score (nSPS) is 49.7. The van der Waals surface area contributed by atoms with E-state index in [4.69, 9.17) is 0 Å². The Kier molecular flexibility index (Phi) is 2.80. The molecule has 112 valence electrons. The van der Waals surface area contributed by atoms with E-state index < -0.39 is 12.2 Å². The molecule has 0 aromatic rings. The van der Waals surface area contributed by atoms with Crippen LogP contribution in [0.1, 0.15) is 38.5 Å². The first-order valence-corrected chi connectivity index (χ1v) is 7.96. The molecule has 0 spiro atoms. The fraction of sp³-hybridized carbons (Fsp3) is 0.933. The van der Waals surface area contributed by atoms with Crippen molar-refractivity contribution in [3.8, 4) is 0 Å². The Hall–Kier alpha value is -0.810. The molecule has 4 aliphatic carbocycles. The van der Waals surface area contributed by atoms with Gasteiger partial charge in [-0.15, -0.1) is 0 Å². The van der Waals surface area contributed by atoms with Crippen LogP contribution in [0.25, 0.3) is 0 Å². The van der Waals surface area contributed by atoms with Crippen molar-refractivity contribution in [2.75, 3.05) is 13.1 Å². The number of carbonyl (C=O) groups excluding carboxylic acids is 1. The lowest BCUT2D eigenvalue weighted by Gasteiger charge is -2.57. The minimum atomic E-state index is -0.794. The number of β-amino-alcohol motifs (C(OH)–C–C–N with tert-alkyl or cyclic N) is 2. The van der Waals surface area contributed by atoms with Crippen LogP contribution in [-0.2, 0) is 0 Å². The molecular formula is C15H24N2O3. The second-order valence-corrected chi connectivity index (χ2v) is 7.67. The minimum Gasteiger partial charge on any atom is -0.388 e. The molecule has 1 saturated heterocycles. The van der Waals surface area contributed by atoms with E-state index in [1.165, 1.54) is 19.3 Å². The maximum Gasteiger partial charge on any atom is 0.318 e. The maximum absolute atomic E-state index is 12.4. The van der Waals surface area contributed by atoms with Gasteiger partial charge in [-0.25, -0.2) is 4.79 Å². The van der Waals surface area contributed by atoms with Gasteiger partial charge in [0, 0.05) is 5.54 Å². The molecule has 20 heavy (non-hydrogen) atoms. The summed E-state index contributed by atoms with van der Waals surface area (Å²) in [7, 11) is 0. The third-order valence-corrected chi connectivity index (χ3v) is 5.96. The first-order valence-electron chi connectivity index (χ1n) is 7.96. The van der Waals surface area contributed by atoms with Crippen molar-refractivity contribution in [1.29, 1.82) is 0 Å². The lowest BCUT2D eigenvalue weighted by atomic mass is 9.53. The van der Waals surface area contributed by atoms with Gasteiger partial charge in [-0.1, -0.05) is 0 Å². The number of likely N-dealkylation sites (tertiary alicyclic amines) is 1. The van der Waals surface area contributed by atoms with E-state index in [0.717, 1.165) is 37.0 Å². The highest BCUT2D eigenvalue weighted by atomic mass is 16.3. The molecule has 4 saturated carbocycles. The predicted octanol–water partition coefficient (Wildman–Crippen LogP) is 0.702. The van der Waals surface area contributed by atoms with Crippen molar-refractivity contribution in [3.63, 3.8) is 0 Å². The van der Waals surface area contributed by atoms with Crippen molar-refractivity contribution >= 4 is 6.03 Å². The molecule has 5 heteroatoms. The van der Waals surface area contributed by atoms with Crippen LogP contribution in [0.3, 0.4) is 0 Å². The van der Waals surface area contributed by atoms with E-state index >= 15 is 0 Å². The van der Waals surface area contributed by atoms with Crippen LogP contribution in [0.15, 0.2) is 0 Å². The standard InChI is InChI=1S/C15H24N2O3/c18-12-7-17(8-13(12)19)14(20)16-15-4-9-1-10(5-15)3-11(2-9)6-15/h9-13,18-19H,1-8H2,(H,16,20). The number of amides is 2. The lowest BCUT2D eigenvalue weighted by Crippen LogP contribution is -2.61. The minimum absolute atomic E-state index is 0.00429. The molecule has 0 aromatic carbocycles. The van der Waals surface area contributed by atoms with Crippen molar-refractivity contribution in [3.05, 3.63) is 0 Å². The third-order valence-electron chi connectivity index (χ3n) is 5.96. The van der Waals surface area contributed by atoms with Gasteiger partial charge < -0.3 is 20.4 Å². The molecular weight excluding hydrogens is 256 g/mol. The number of aliphatic hydroxyl groups excluding tert-OH is 2. The summed E-state index contributed by atoms with van der Waals surface area (Å²) in [4.78, 5) is 14.0. The Labute approximate surface area is 119 Å². The predicted molar refractivity (Wildman–Crippen MR) is 73.0 cm³/mol. The van der Waals surface area contributed by atoms with E-state index in [0.29, 0.717) is 0 Å². The molecule has 0 aromatic heterocycles. The van der Waals surface area contributed by atoms with Crippen molar-refractivity contribution in [2.45, 2.75) is 56.3 Å². The molecule has 3 N–H and O–H groups in total. The summed E-state index contributed by atoms with van der Waals surface area (Å²) >= 11 is 0. The second-order valence-electron chi connectivity index (χ2n) is 7.67. The molecule has 2 unspecified atom stereocenters. The number of nitrogens with one attached hydrogen (secondary N) is 1. The van der Waals surface area contributed by atoms with Crippen LogP contribution in [0, 0.1) is 17.8 Å². The number of carbonyl (C=O) groups is 1. The number of nitrogens with zero attached hydrogens (tertiary/aromatic N) is 1. The highest BCUT2D eigenvalue weighted by Crippen LogP contribution is 2.55. The zero-order valence-electron chi connectivity index (χ0n) is 11.8. The Bertz CT molecular complexity index is 380. The molecule has 5 aliphatic rings. The van der Waals surface area contributed by atoms with Crippen molar-refractivity contribution in [2.24, 2.45) is 17.8 Å². The number of urea groups is 1. The largest absolute Gasteiger partial charge is 0.388 e. The topological polar surface area (TPSA) is 72.8 Å². The molecule has 4 bridgehead atoms. The molecule has 2 amide bonds. The molecule has 1 aliphatic heterocycles. The Morgan fingerprint density at radius 3 is 1.85 bits per heavy atom. The fourth-order valence-electron chi connectivity index (χ4n) is 5.50. The quantitative estimate of drug-likeness (QED) is 0.662. The maximum atomic E-state index is 12.4. The first kappa shape index (κ1) is 12.9. The van der Waals surface area contributed by atoms with E-state index in [1.807, 2.05) is 0 Å². The molecule has 5 fully saturated rings. The lowest BCUT2D eigenvalue weighted by molar-refractivity contribution is -0.0155. The molecule has 0 radical (unpaired) electrons. The Morgan fingerprint density at radius 2 is 1.40 bits per heavy atom. The zero-order chi connectivity index (χ0) is 13.9. The van der Waals surface area contributed by atoms with E-state index in [-0.39, 0.29) is 24.7 Å². The van der Waals surface area contributed by atoms with Crippen molar-refractivity contribution in [1.82, 2.24) is 10.2 Å². The van der Waals surface area contributed by atoms with Gasteiger partial charge in [0.1, 0.15) is 0 Å². The summed E-state index contributed by atoms with van der Waals surface area (Å²) in [5, 5.41) is 22.4. The highest BCUT2D eigenvalue weighted by Gasteiger charge is 2.52. The zero-order valence-corrected chi connectivity index (χ0v) is 11.8. The molecule has 2 atom stereocenters. The first-order chi connectivity index (χ1) is 9.53. The van der Waals surface area contributed by atoms with Gasteiger partial charge in [0.2, 0.25) is 0 Å². The summed E-state index contributed by atoms with van der Waals surface area (Å²) in [6.07, 6.45) is 5.87. The summed E-state index contributed by atoms with van der Waals surface area (Å²) in [5.74, 6) is 2.41. The van der Waals surface area contributed by atoms with Gasteiger partial charge in [-0.3, -0.25) is 0 Å². The Morgan fingerprint density at radius 1 is 0.950 bits per heavy atom. The number of aliphatic hydroxyl groups is 2. The van der Waals surface area contributed by atoms with Gasteiger partial charge in [0.05, 0.1) is 25.3 Å². The number of hydrogen-bond donors (Lipinski definition) is 3. The highest BCUT2D eigenvalue weighted by molar-refractivity contribution is 5.75. The number of hydrogen-bond acceptors (Lipinski definition) is 3. The van der Waals surface area contributed by atoms with Crippen LogP contribution >= 0.6 is 0 Å². The van der Waals surface area contributed by atoms with E-state index in [9.17, 15) is 15.0 Å². The van der Waals surface area contributed by atoms with Crippen LogP contribution in [0.5, 0.6) is 0 Å². The van der Waals surface area contributed by atoms with Gasteiger partial charge in [-0.2, -0.15) is 0 Å². The van der Waals surface area contributed by atoms with E-state index in [2.05, 4.69) is 5.32 Å². The molecule has 5 nitrogen and oxygen atoms in total.